The standard InChI is InChI=1S/C19H28FN5O.HI/c1-5-21-19(23-12-15-8-9-16(20)14(4)11-15)22-10-6-7-17-24-18(13(2)3)25-26-17;/h8-9,11,13H,5-7,10,12H2,1-4H3,(H2,21,22,23);1H. The van der Waals surface area contributed by atoms with Gasteiger partial charge in [0.25, 0.3) is 0 Å². The molecule has 0 bridgehead atoms. The summed E-state index contributed by atoms with van der Waals surface area (Å²) in [5.74, 6) is 2.23. The predicted molar refractivity (Wildman–Crippen MR) is 116 cm³/mol. The number of rotatable bonds is 8. The van der Waals surface area contributed by atoms with E-state index < -0.39 is 0 Å². The molecule has 0 unspecified atom stereocenters. The first-order valence-electron chi connectivity index (χ1n) is 9.09. The molecule has 150 valence electrons. The van der Waals surface area contributed by atoms with E-state index in [1.54, 1.807) is 13.0 Å². The molecule has 0 aliphatic heterocycles. The Hall–Kier alpha value is -1.71. The molecular formula is C19H29FIN5O. The Morgan fingerprint density at radius 1 is 1.30 bits per heavy atom. The van der Waals surface area contributed by atoms with Gasteiger partial charge < -0.3 is 15.2 Å². The van der Waals surface area contributed by atoms with E-state index in [1.165, 1.54) is 6.07 Å². The highest BCUT2D eigenvalue weighted by Crippen LogP contribution is 2.11. The molecule has 0 amide bonds. The number of benzene rings is 1. The summed E-state index contributed by atoms with van der Waals surface area (Å²) in [5, 5.41) is 10.5. The Morgan fingerprint density at radius 3 is 2.70 bits per heavy atom. The third-order valence-corrected chi connectivity index (χ3v) is 3.85. The second-order valence-electron chi connectivity index (χ2n) is 6.51. The van der Waals surface area contributed by atoms with Crippen LogP contribution in [-0.4, -0.2) is 29.2 Å². The van der Waals surface area contributed by atoms with Crippen LogP contribution in [0.1, 0.15) is 56.0 Å². The number of halogens is 2. The van der Waals surface area contributed by atoms with E-state index in [0.717, 1.165) is 43.3 Å². The van der Waals surface area contributed by atoms with Crippen LogP contribution in [0.5, 0.6) is 0 Å². The molecule has 1 heterocycles. The first-order valence-corrected chi connectivity index (χ1v) is 9.09. The first-order chi connectivity index (χ1) is 12.5. The number of aryl methyl sites for hydroxylation is 2. The third-order valence-electron chi connectivity index (χ3n) is 3.85. The molecule has 8 heteroatoms. The molecular weight excluding hydrogens is 460 g/mol. The molecule has 0 saturated heterocycles. The van der Waals surface area contributed by atoms with Crippen molar-refractivity contribution >= 4 is 29.9 Å². The second-order valence-corrected chi connectivity index (χ2v) is 6.51. The largest absolute Gasteiger partial charge is 0.357 e. The maximum atomic E-state index is 13.3. The van der Waals surface area contributed by atoms with E-state index in [4.69, 9.17) is 4.52 Å². The van der Waals surface area contributed by atoms with Gasteiger partial charge in [-0.1, -0.05) is 31.1 Å². The summed E-state index contributed by atoms with van der Waals surface area (Å²) >= 11 is 0. The summed E-state index contributed by atoms with van der Waals surface area (Å²) in [6.07, 6.45) is 1.59. The fourth-order valence-corrected chi connectivity index (χ4v) is 2.37. The molecule has 0 spiro atoms. The summed E-state index contributed by atoms with van der Waals surface area (Å²) in [6, 6.07) is 5.07. The molecule has 0 aliphatic rings. The van der Waals surface area contributed by atoms with Gasteiger partial charge >= 0.3 is 0 Å². The fourth-order valence-electron chi connectivity index (χ4n) is 2.37. The number of hydrogen-bond donors (Lipinski definition) is 2. The van der Waals surface area contributed by atoms with Crippen molar-refractivity contribution in [2.45, 2.75) is 53.0 Å². The molecule has 27 heavy (non-hydrogen) atoms. The van der Waals surface area contributed by atoms with Crippen molar-refractivity contribution in [1.29, 1.82) is 0 Å². The predicted octanol–water partition coefficient (Wildman–Crippen LogP) is 3.95. The van der Waals surface area contributed by atoms with Gasteiger partial charge in [-0.15, -0.1) is 24.0 Å². The van der Waals surface area contributed by atoms with Gasteiger partial charge in [0.1, 0.15) is 5.82 Å². The Labute approximate surface area is 177 Å². The van der Waals surface area contributed by atoms with Crippen LogP contribution in [0.3, 0.4) is 0 Å². The van der Waals surface area contributed by atoms with Gasteiger partial charge in [0, 0.05) is 25.4 Å². The van der Waals surface area contributed by atoms with Crippen molar-refractivity contribution in [1.82, 2.24) is 20.8 Å². The highest BCUT2D eigenvalue weighted by molar-refractivity contribution is 14.0. The Kier molecular flexibility index (Phi) is 10.3. The Morgan fingerprint density at radius 2 is 2.07 bits per heavy atom. The highest BCUT2D eigenvalue weighted by atomic mass is 127. The molecule has 0 radical (unpaired) electrons. The maximum absolute atomic E-state index is 13.3. The average Bonchev–Trinajstić information content (AvgIpc) is 3.08. The topological polar surface area (TPSA) is 75.3 Å². The van der Waals surface area contributed by atoms with E-state index in [9.17, 15) is 4.39 Å². The molecule has 6 nitrogen and oxygen atoms in total. The second kappa shape index (κ2) is 11.9. The number of hydrogen-bond acceptors (Lipinski definition) is 4. The van der Waals surface area contributed by atoms with E-state index in [1.807, 2.05) is 26.8 Å². The van der Waals surface area contributed by atoms with Gasteiger partial charge in [-0.25, -0.2) is 9.38 Å². The van der Waals surface area contributed by atoms with Crippen LogP contribution < -0.4 is 10.6 Å². The van der Waals surface area contributed by atoms with Gasteiger partial charge in [0.15, 0.2) is 11.8 Å². The zero-order valence-corrected chi connectivity index (χ0v) is 18.7. The monoisotopic (exact) mass is 489 g/mol. The van der Waals surface area contributed by atoms with Crippen molar-refractivity contribution in [3.8, 4) is 0 Å². The van der Waals surface area contributed by atoms with Gasteiger partial charge in [-0.3, -0.25) is 0 Å². The fraction of sp³-hybridized carbons (Fsp3) is 0.526. The van der Waals surface area contributed by atoms with E-state index in [2.05, 4.69) is 25.8 Å². The van der Waals surface area contributed by atoms with Crippen LogP contribution in [0.4, 0.5) is 4.39 Å². The van der Waals surface area contributed by atoms with Crippen LogP contribution in [0.15, 0.2) is 27.7 Å². The van der Waals surface area contributed by atoms with Crippen LogP contribution in [-0.2, 0) is 13.0 Å². The summed E-state index contributed by atoms with van der Waals surface area (Å²) in [4.78, 5) is 8.92. The van der Waals surface area contributed by atoms with Gasteiger partial charge in [0.2, 0.25) is 5.89 Å². The third kappa shape index (κ3) is 7.82. The molecule has 0 saturated carbocycles. The number of aromatic nitrogens is 2. The lowest BCUT2D eigenvalue weighted by Gasteiger charge is -2.11. The zero-order chi connectivity index (χ0) is 18.9. The average molecular weight is 489 g/mol. The normalized spacial score (nSPS) is 11.4. The van der Waals surface area contributed by atoms with Gasteiger partial charge in [-0.2, -0.15) is 4.98 Å². The summed E-state index contributed by atoms with van der Waals surface area (Å²) in [6.45, 7) is 9.87. The van der Waals surface area contributed by atoms with Crippen molar-refractivity contribution in [3.05, 3.63) is 46.9 Å². The smallest absolute Gasteiger partial charge is 0.226 e. The van der Waals surface area contributed by atoms with Crippen molar-refractivity contribution in [2.24, 2.45) is 4.99 Å². The Bertz CT molecular complexity index is 733. The van der Waals surface area contributed by atoms with E-state index >= 15 is 0 Å². The molecule has 2 rings (SSSR count). The minimum atomic E-state index is -0.190. The van der Waals surface area contributed by atoms with Crippen molar-refractivity contribution < 1.29 is 8.91 Å². The molecule has 1 aromatic heterocycles. The van der Waals surface area contributed by atoms with Crippen LogP contribution in [0.25, 0.3) is 0 Å². The zero-order valence-electron chi connectivity index (χ0n) is 16.4. The van der Waals surface area contributed by atoms with Gasteiger partial charge in [0.05, 0.1) is 6.54 Å². The minimum absolute atomic E-state index is 0. The maximum Gasteiger partial charge on any atom is 0.226 e. The SMILES string of the molecule is CCNC(=NCc1ccc(F)c(C)c1)NCCCc1nc(C(C)C)no1.I. The molecule has 2 N–H and O–H groups in total. The lowest BCUT2D eigenvalue weighted by molar-refractivity contribution is 0.368. The first kappa shape index (κ1) is 23.3. The van der Waals surface area contributed by atoms with Crippen molar-refractivity contribution in [2.75, 3.05) is 13.1 Å². The summed E-state index contributed by atoms with van der Waals surface area (Å²) in [7, 11) is 0. The minimum Gasteiger partial charge on any atom is -0.357 e. The summed E-state index contributed by atoms with van der Waals surface area (Å²) in [5.41, 5.74) is 1.61. The van der Waals surface area contributed by atoms with Crippen molar-refractivity contribution in [3.63, 3.8) is 0 Å². The van der Waals surface area contributed by atoms with Gasteiger partial charge in [-0.05, 0) is 37.5 Å². The molecule has 1 aromatic carbocycles. The summed E-state index contributed by atoms with van der Waals surface area (Å²) < 4.78 is 18.6. The Balaban J connectivity index is 0.00000364. The molecule has 2 aromatic rings. The van der Waals surface area contributed by atoms with Crippen LogP contribution >= 0.6 is 24.0 Å². The number of aliphatic imine (C=N–C) groups is 1. The lowest BCUT2D eigenvalue weighted by atomic mass is 10.1. The molecule has 0 fully saturated rings. The molecule has 0 atom stereocenters. The highest BCUT2D eigenvalue weighted by Gasteiger charge is 2.09. The van der Waals surface area contributed by atoms with Crippen LogP contribution in [0, 0.1) is 12.7 Å². The van der Waals surface area contributed by atoms with Crippen LogP contribution in [0.2, 0.25) is 0 Å². The number of nitrogens with one attached hydrogen (secondary N) is 2. The number of guanidine groups is 1. The van der Waals surface area contributed by atoms with E-state index in [-0.39, 0.29) is 35.7 Å². The number of nitrogens with zero attached hydrogens (tertiary/aromatic N) is 3. The van der Waals surface area contributed by atoms with E-state index in [0.29, 0.717) is 18.0 Å². The quantitative estimate of drug-likeness (QED) is 0.254. The lowest BCUT2D eigenvalue weighted by Crippen LogP contribution is -2.37. The molecule has 0 aliphatic carbocycles.